The minimum absolute atomic E-state index is 0.112. The molecule has 1 aliphatic heterocycles. The number of ether oxygens (including phenoxy) is 1. The van der Waals surface area contributed by atoms with Crippen LogP contribution in [-0.2, 0) is 23.0 Å². The van der Waals surface area contributed by atoms with Crippen LogP contribution in [0.2, 0.25) is 0 Å². The van der Waals surface area contributed by atoms with Crippen LogP contribution in [0.4, 0.5) is 0 Å². The van der Waals surface area contributed by atoms with Crippen molar-refractivity contribution < 1.29 is 9.53 Å². The summed E-state index contributed by atoms with van der Waals surface area (Å²) < 4.78 is 7.06. The zero-order valence-electron chi connectivity index (χ0n) is 13.8. The average molecular weight is 305 g/mol. The summed E-state index contributed by atoms with van der Waals surface area (Å²) in [4.78, 5) is 15.0. The molecule has 0 radical (unpaired) electrons. The summed E-state index contributed by atoms with van der Waals surface area (Å²) in [6.45, 7) is 2.51. The number of carbonyl (C=O) groups is 1. The molecule has 1 saturated heterocycles. The van der Waals surface area contributed by atoms with Gasteiger partial charge in [0.25, 0.3) is 0 Å². The molecule has 1 aliphatic carbocycles. The van der Waals surface area contributed by atoms with Crippen molar-refractivity contribution in [2.24, 2.45) is 18.4 Å². The highest BCUT2D eigenvalue weighted by atomic mass is 16.5. The first-order valence-corrected chi connectivity index (χ1v) is 8.39. The minimum Gasteiger partial charge on any atom is -0.385 e. The van der Waals surface area contributed by atoms with Crippen molar-refractivity contribution in [2.45, 2.75) is 38.5 Å². The zero-order valence-corrected chi connectivity index (χ0v) is 13.8. The first-order valence-electron chi connectivity index (χ1n) is 8.39. The number of rotatable bonds is 6. The van der Waals surface area contributed by atoms with Gasteiger partial charge < -0.3 is 9.64 Å². The molecular weight excluding hydrogens is 278 g/mol. The van der Waals surface area contributed by atoms with Gasteiger partial charge in [-0.05, 0) is 43.6 Å². The van der Waals surface area contributed by atoms with Crippen molar-refractivity contribution in [1.82, 2.24) is 14.7 Å². The number of hydrogen-bond donors (Lipinski definition) is 0. The Morgan fingerprint density at radius 3 is 2.91 bits per heavy atom. The van der Waals surface area contributed by atoms with Crippen LogP contribution in [0.1, 0.15) is 37.7 Å². The maximum absolute atomic E-state index is 12.9. The predicted molar refractivity (Wildman–Crippen MR) is 84.4 cm³/mol. The highest BCUT2D eigenvalue weighted by molar-refractivity contribution is 5.83. The number of aromatic nitrogens is 2. The van der Waals surface area contributed by atoms with Crippen molar-refractivity contribution in [3.05, 3.63) is 18.0 Å². The molecule has 5 nitrogen and oxygen atoms in total. The molecule has 1 aromatic heterocycles. The molecule has 1 aromatic rings. The third kappa shape index (κ3) is 3.05. The summed E-state index contributed by atoms with van der Waals surface area (Å²) in [7, 11) is 3.67. The van der Waals surface area contributed by atoms with Gasteiger partial charge in [-0.25, -0.2) is 0 Å². The Bertz CT molecular complexity index is 522. The lowest BCUT2D eigenvalue weighted by Gasteiger charge is -2.42. The van der Waals surface area contributed by atoms with Crippen molar-refractivity contribution in [3.8, 4) is 0 Å². The summed E-state index contributed by atoms with van der Waals surface area (Å²) in [5.74, 6) is 0.956. The third-order valence-corrected chi connectivity index (χ3v) is 5.40. The molecule has 0 N–H and O–H groups in total. The quantitative estimate of drug-likeness (QED) is 0.808. The highest BCUT2D eigenvalue weighted by Gasteiger charge is 2.46. The summed E-state index contributed by atoms with van der Waals surface area (Å²) in [5.41, 5.74) is 1.17. The van der Waals surface area contributed by atoms with E-state index in [1.807, 2.05) is 17.9 Å². The topological polar surface area (TPSA) is 47.4 Å². The summed E-state index contributed by atoms with van der Waals surface area (Å²) in [5, 5.41) is 4.23. The smallest absolute Gasteiger partial charge is 0.228 e. The van der Waals surface area contributed by atoms with E-state index >= 15 is 0 Å². The minimum atomic E-state index is -0.112. The van der Waals surface area contributed by atoms with Crippen LogP contribution in [0.5, 0.6) is 0 Å². The maximum atomic E-state index is 12.9. The maximum Gasteiger partial charge on any atom is 0.228 e. The second kappa shape index (κ2) is 6.41. The monoisotopic (exact) mass is 305 g/mol. The highest BCUT2D eigenvalue weighted by Crippen LogP contribution is 2.46. The van der Waals surface area contributed by atoms with E-state index in [-0.39, 0.29) is 5.41 Å². The molecule has 5 heteroatoms. The Balaban J connectivity index is 1.56. The van der Waals surface area contributed by atoms with E-state index < -0.39 is 0 Å². The van der Waals surface area contributed by atoms with Gasteiger partial charge in [0.05, 0.1) is 11.6 Å². The number of aryl methyl sites for hydroxylation is 1. The Morgan fingerprint density at radius 2 is 2.32 bits per heavy atom. The Labute approximate surface area is 132 Å². The Kier molecular flexibility index (Phi) is 4.52. The van der Waals surface area contributed by atoms with Crippen molar-refractivity contribution in [1.29, 1.82) is 0 Å². The van der Waals surface area contributed by atoms with E-state index in [4.69, 9.17) is 4.74 Å². The van der Waals surface area contributed by atoms with E-state index in [0.29, 0.717) is 18.4 Å². The van der Waals surface area contributed by atoms with Crippen molar-refractivity contribution in [3.63, 3.8) is 0 Å². The fourth-order valence-corrected chi connectivity index (χ4v) is 3.90. The van der Waals surface area contributed by atoms with E-state index in [9.17, 15) is 4.79 Å². The van der Waals surface area contributed by atoms with Crippen LogP contribution in [0, 0.1) is 11.3 Å². The lowest BCUT2D eigenvalue weighted by molar-refractivity contribution is -0.148. The first-order chi connectivity index (χ1) is 10.6. The molecule has 22 heavy (non-hydrogen) atoms. The lowest BCUT2D eigenvalue weighted by atomic mass is 9.66. The fourth-order valence-electron chi connectivity index (χ4n) is 3.90. The van der Waals surface area contributed by atoms with E-state index in [1.165, 1.54) is 12.0 Å². The van der Waals surface area contributed by atoms with Crippen LogP contribution in [0.3, 0.4) is 0 Å². The standard InChI is InChI=1S/C17H27N3O2/c1-19-12-15(11-18-19)10-14-4-8-20(13-14)16(21)17(5-3-6-17)7-9-22-2/h11-12,14H,3-10,13H2,1-2H3/t14-/m1/s1. The number of methoxy groups -OCH3 is 1. The van der Waals surface area contributed by atoms with Gasteiger partial charge in [-0.1, -0.05) is 6.42 Å². The van der Waals surface area contributed by atoms with Crippen LogP contribution < -0.4 is 0 Å². The molecule has 122 valence electrons. The van der Waals surface area contributed by atoms with Crippen LogP contribution in [0.25, 0.3) is 0 Å². The third-order valence-electron chi connectivity index (χ3n) is 5.40. The molecule has 2 fully saturated rings. The molecule has 2 aliphatic rings. The SMILES string of the molecule is COCCC1(C(=O)N2CC[C@H](Cc3cnn(C)c3)C2)CCC1. The second-order valence-electron chi connectivity index (χ2n) is 7.01. The van der Waals surface area contributed by atoms with E-state index in [2.05, 4.69) is 16.2 Å². The van der Waals surface area contributed by atoms with Gasteiger partial charge in [0.1, 0.15) is 0 Å². The summed E-state index contributed by atoms with van der Waals surface area (Å²) >= 11 is 0. The lowest BCUT2D eigenvalue weighted by Crippen LogP contribution is -2.47. The predicted octanol–water partition coefficient (Wildman–Crippen LogP) is 2.02. The van der Waals surface area contributed by atoms with Crippen molar-refractivity contribution >= 4 is 5.91 Å². The van der Waals surface area contributed by atoms with Gasteiger partial charge in [0, 0.05) is 40.1 Å². The molecule has 1 saturated carbocycles. The molecule has 0 bridgehead atoms. The van der Waals surface area contributed by atoms with Crippen LogP contribution in [-0.4, -0.2) is 47.4 Å². The molecule has 2 heterocycles. The van der Waals surface area contributed by atoms with Gasteiger partial charge in [-0.15, -0.1) is 0 Å². The molecule has 1 atom stereocenters. The van der Waals surface area contributed by atoms with Gasteiger partial charge >= 0.3 is 0 Å². The van der Waals surface area contributed by atoms with Gasteiger partial charge in [-0.3, -0.25) is 9.48 Å². The first kappa shape index (κ1) is 15.5. The number of hydrogen-bond acceptors (Lipinski definition) is 3. The van der Waals surface area contributed by atoms with Crippen LogP contribution in [0.15, 0.2) is 12.4 Å². The molecule has 0 spiro atoms. The van der Waals surface area contributed by atoms with Crippen LogP contribution >= 0.6 is 0 Å². The molecule has 1 amide bonds. The number of carbonyl (C=O) groups excluding carboxylic acids is 1. The largest absolute Gasteiger partial charge is 0.385 e. The van der Waals surface area contributed by atoms with Crippen molar-refractivity contribution in [2.75, 3.05) is 26.8 Å². The van der Waals surface area contributed by atoms with E-state index in [1.54, 1.807) is 7.11 Å². The fraction of sp³-hybridized carbons (Fsp3) is 0.765. The molecule has 3 rings (SSSR count). The summed E-state index contributed by atoms with van der Waals surface area (Å²) in [6, 6.07) is 0. The Morgan fingerprint density at radius 1 is 1.50 bits per heavy atom. The van der Waals surface area contributed by atoms with Gasteiger partial charge in [0.2, 0.25) is 5.91 Å². The normalized spacial score (nSPS) is 23.5. The molecule has 0 unspecified atom stereocenters. The summed E-state index contributed by atoms with van der Waals surface area (Å²) in [6.07, 6.45) is 10.3. The van der Waals surface area contributed by atoms with Gasteiger partial charge in [0.15, 0.2) is 0 Å². The number of likely N-dealkylation sites (tertiary alicyclic amines) is 1. The molecule has 0 aromatic carbocycles. The van der Waals surface area contributed by atoms with Gasteiger partial charge in [-0.2, -0.15) is 5.10 Å². The average Bonchev–Trinajstić information content (AvgIpc) is 3.07. The molecular formula is C17H27N3O2. The van der Waals surface area contributed by atoms with E-state index in [0.717, 1.165) is 45.2 Å². The number of nitrogens with zero attached hydrogens (tertiary/aromatic N) is 3. The number of amides is 1. The second-order valence-corrected chi connectivity index (χ2v) is 7.01. The Hall–Kier alpha value is -1.36. The zero-order chi connectivity index (χ0) is 15.6.